The average Bonchev–Trinajstić information content (AvgIpc) is 2.71. The van der Waals surface area contributed by atoms with Gasteiger partial charge in [-0.15, -0.1) is 11.8 Å². The van der Waals surface area contributed by atoms with E-state index in [0.717, 1.165) is 12.3 Å². The molecule has 0 amide bonds. The van der Waals surface area contributed by atoms with Gasteiger partial charge in [-0.3, -0.25) is 0 Å². The van der Waals surface area contributed by atoms with E-state index in [1.54, 1.807) is 0 Å². The Hall–Kier alpha value is -0.560. The maximum atomic E-state index is 10.9. The predicted molar refractivity (Wildman–Crippen MR) is 75.6 cm³/mol. The second-order valence-corrected chi connectivity index (χ2v) is 7.31. The Morgan fingerprint density at radius 1 is 1.33 bits per heavy atom. The SMILES string of the molecule is CS(=O)(=O)NCCNCC1CSc2ccccc21. The van der Waals surface area contributed by atoms with Gasteiger partial charge in [0.05, 0.1) is 6.26 Å². The minimum absolute atomic E-state index is 0.445. The maximum absolute atomic E-state index is 10.9. The Labute approximate surface area is 113 Å². The van der Waals surface area contributed by atoms with Crippen molar-refractivity contribution in [1.82, 2.24) is 10.0 Å². The number of nitrogens with one attached hydrogen (secondary N) is 2. The van der Waals surface area contributed by atoms with E-state index < -0.39 is 10.0 Å². The van der Waals surface area contributed by atoms with Crippen molar-refractivity contribution >= 4 is 21.8 Å². The highest BCUT2D eigenvalue weighted by Crippen LogP contribution is 2.38. The van der Waals surface area contributed by atoms with Crippen molar-refractivity contribution in [3.05, 3.63) is 29.8 Å². The molecule has 0 saturated heterocycles. The van der Waals surface area contributed by atoms with Crippen LogP contribution in [0.25, 0.3) is 0 Å². The van der Waals surface area contributed by atoms with Gasteiger partial charge >= 0.3 is 0 Å². The first-order valence-electron chi connectivity index (χ1n) is 5.93. The second-order valence-electron chi connectivity index (χ2n) is 4.42. The zero-order chi connectivity index (χ0) is 13.0. The summed E-state index contributed by atoms with van der Waals surface area (Å²) in [5.41, 5.74) is 1.41. The standard InChI is InChI=1S/C12H18N2O2S2/c1-18(15,16)14-7-6-13-8-10-9-17-12-5-3-2-4-11(10)12/h2-5,10,13-14H,6-9H2,1H3. The third-order valence-electron chi connectivity index (χ3n) is 2.86. The van der Waals surface area contributed by atoms with Crippen LogP contribution in [-0.2, 0) is 10.0 Å². The zero-order valence-corrected chi connectivity index (χ0v) is 12.0. The lowest BCUT2D eigenvalue weighted by molar-refractivity contribution is 0.576. The number of thioether (sulfide) groups is 1. The summed E-state index contributed by atoms with van der Waals surface area (Å²) in [5, 5.41) is 3.30. The molecule has 2 N–H and O–H groups in total. The predicted octanol–water partition coefficient (Wildman–Crippen LogP) is 1.01. The average molecular weight is 286 g/mol. The van der Waals surface area contributed by atoms with Crippen LogP contribution in [0.1, 0.15) is 11.5 Å². The highest BCUT2D eigenvalue weighted by molar-refractivity contribution is 7.99. The molecular weight excluding hydrogens is 268 g/mol. The molecular formula is C12H18N2O2S2. The lowest BCUT2D eigenvalue weighted by Crippen LogP contribution is -2.33. The lowest BCUT2D eigenvalue weighted by Gasteiger charge is -2.12. The van der Waals surface area contributed by atoms with Crippen molar-refractivity contribution in [2.24, 2.45) is 0 Å². The summed E-state index contributed by atoms with van der Waals surface area (Å²) in [5.74, 6) is 1.63. The molecule has 0 fully saturated rings. The summed E-state index contributed by atoms with van der Waals surface area (Å²) in [6.45, 7) is 2.01. The second kappa shape index (κ2) is 6.06. The molecule has 0 aliphatic carbocycles. The highest BCUT2D eigenvalue weighted by Gasteiger charge is 2.21. The molecule has 100 valence electrons. The highest BCUT2D eigenvalue weighted by atomic mass is 32.2. The van der Waals surface area contributed by atoms with Gasteiger partial charge in [0, 0.05) is 36.2 Å². The topological polar surface area (TPSA) is 58.2 Å². The monoisotopic (exact) mass is 286 g/mol. The van der Waals surface area contributed by atoms with Gasteiger partial charge in [-0.05, 0) is 11.6 Å². The largest absolute Gasteiger partial charge is 0.315 e. The fourth-order valence-corrected chi connectivity index (χ4v) is 3.73. The summed E-state index contributed by atoms with van der Waals surface area (Å²) in [4.78, 5) is 1.37. The van der Waals surface area contributed by atoms with Crippen LogP contribution in [0.4, 0.5) is 0 Å². The molecule has 1 atom stereocenters. The molecule has 1 aliphatic rings. The van der Waals surface area contributed by atoms with E-state index in [1.807, 2.05) is 11.8 Å². The van der Waals surface area contributed by atoms with Crippen LogP contribution in [0, 0.1) is 0 Å². The summed E-state index contributed by atoms with van der Waals surface area (Å²) in [6.07, 6.45) is 1.18. The van der Waals surface area contributed by atoms with Gasteiger partial charge in [0.25, 0.3) is 0 Å². The molecule has 0 spiro atoms. The molecule has 4 nitrogen and oxygen atoms in total. The fourth-order valence-electron chi connectivity index (χ4n) is 2.00. The number of rotatable bonds is 6. The van der Waals surface area contributed by atoms with Crippen molar-refractivity contribution in [3.63, 3.8) is 0 Å². The van der Waals surface area contributed by atoms with Crippen molar-refractivity contribution in [1.29, 1.82) is 0 Å². The fraction of sp³-hybridized carbons (Fsp3) is 0.500. The van der Waals surface area contributed by atoms with Crippen molar-refractivity contribution in [3.8, 4) is 0 Å². The first kappa shape index (κ1) is 13.9. The van der Waals surface area contributed by atoms with Gasteiger partial charge in [-0.2, -0.15) is 0 Å². The first-order valence-corrected chi connectivity index (χ1v) is 8.81. The number of fused-ring (bicyclic) bond motifs is 1. The van der Waals surface area contributed by atoms with Crippen LogP contribution < -0.4 is 10.0 Å². The van der Waals surface area contributed by atoms with E-state index in [-0.39, 0.29) is 0 Å². The van der Waals surface area contributed by atoms with Gasteiger partial charge in [0.15, 0.2) is 0 Å². The van der Waals surface area contributed by atoms with E-state index in [0.29, 0.717) is 19.0 Å². The van der Waals surface area contributed by atoms with E-state index in [9.17, 15) is 8.42 Å². The van der Waals surface area contributed by atoms with Crippen LogP contribution in [0.15, 0.2) is 29.2 Å². The Morgan fingerprint density at radius 3 is 2.89 bits per heavy atom. The number of sulfonamides is 1. The molecule has 0 radical (unpaired) electrons. The molecule has 0 saturated carbocycles. The minimum Gasteiger partial charge on any atom is -0.315 e. The van der Waals surface area contributed by atoms with Crippen molar-refractivity contribution in [2.75, 3.05) is 31.6 Å². The molecule has 0 bridgehead atoms. The van der Waals surface area contributed by atoms with Crippen LogP contribution in [0.3, 0.4) is 0 Å². The smallest absolute Gasteiger partial charge is 0.208 e. The molecule has 1 aromatic rings. The summed E-state index contributed by atoms with van der Waals surface area (Å²) in [7, 11) is -3.07. The van der Waals surface area contributed by atoms with Crippen LogP contribution in [-0.4, -0.2) is 40.1 Å². The summed E-state index contributed by atoms with van der Waals surface area (Å²) >= 11 is 1.89. The summed E-state index contributed by atoms with van der Waals surface area (Å²) < 4.78 is 24.2. The van der Waals surface area contributed by atoms with Gasteiger partial charge in [0.1, 0.15) is 0 Å². The molecule has 2 rings (SSSR count). The third kappa shape index (κ3) is 3.98. The van der Waals surface area contributed by atoms with Crippen LogP contribution in [0.2, 0.25) is 0 Å². The Morgan fingerprint density at radius 2 is 2.11 bits per heavy atom. The Balaban J connectivity index is 1.73. The van der Waals surface area contributed by atoms with Gasteiger partial charge in [-0.1, -0.05) is 18.2 Å². The first-order chi connectivity index (χ1) is 8.56. The third-order valence-corrected chi connectivity index (χ3v) is 4.84. The van der Waals surface area contributed by atoms with E-state index in [4.69, 9.17) is 0 Å². The van der Waals surface area contributed by atoms with Crippen molar-refractivity contribution in [2.45, 2.75) is 10.8 Å². The van der Waals surface area contributed by atoms with Gasteiger partial charge in [0.2, 0.25) is 10.0 Å². The van der Waals surface area contributed by atoms with E-state index in [2.05, 4.69) is 34.3 Å². The molecule has 0 aromatic heterocycles. The number of hydrogen-bond acceptors (Lipinski definition) is 4. The Kier molecular flexibility index (Phi) is 4.66. The quantitative estimate of drug-likeness (QED) is 0.767. The molecule has 18 heavy (non-hydrogen) atoms. The maximum Gasteiger partial charge on any atom is 0.208 e. The van der Waals surface area contributed by atoms with Crippen LogP contribution >= 0.6 is 11.8 Å². The zero-order valence-electron chi connectivity index (χ0n) is 10.3. The lowest BCUT2D eigenvalue weighted by atomic mass is 10.0. The van der Waals surface area contributed by atoms with Gasteiger partial charge in [-0.25, -0.2) is 13.1 Å². The molecule has 1 unspecified atom stereocenters. The molecule has 1 aromatic carbocycles. The molecule has 1 aliphatic heterocycles. The number of hydrogen-bond donors (Lipinski definition) is 2. The van der Waals surface area contributed by atoms with Crippen LogP contribution in [0.5, 0.6) is 0 Å². The Bertz CT molecular complexity index is 503. The normalized spacial score (nSPS) is 18.8. The molecule has 6 heteroatoms. The van der Waals surface area contributed by atoms with E-state index in [1.165, 1.54) is 16.7 Å². The summed E-state index contributed by atoms with van der Waals surface area (Å²) in [6, 6.07) is 8.47. The minimum atomic E-state index is -3.07. The molecule has 1 heterocycles. The van der Waals surface area contributed by atoms with E-state index >= 15 is 0 Å². The van der Waals surface area contributed by atoms with Crippen molar-refractivity contribution < 1.29 is 8.42 Å². The van der Waals surface area contributed by atoms with Gasteiger partial charge < -0.3 is 5.32 Å². The number of benzene rings is 1.